The molecule has 2 atom stereocenters. The van der Waals surface area contributed by atoms with E-state index in [0.717, 1.165) is 0 Å². The van der Waals surface area contributed by atoms with Crippen LogP contribution in [0.2, 0.25) is 0 Å². The maximum Gasteiger partial charge on any atom is 0.165 e. The van der Waals surface area contributed by atoms with Crippen molar-refractivity contribution in [3.63, 3.8) is 0 Å². The molecule has 0 radical (unpaired) electrons. The molecule has 3 nitrogen and oxygen atoms in total. The standard InChI is InChI=1S/C14H22FNO2/c1-5-18-13-7-6-11(8-12(13)15)14(17)10(4)16-9(2)3/h6-10,14,16-17H,5H2,1-4H3. The first-order chi connectivity index (χ1) is 8.45. The molecule has 0 bridgehead atoms. The second kappa shape index (κ2) is 6.71. The Balaban J connectivity index is 2.80. The van der Waals surface area contributed by atoms with Crippen molar-refractivity contribution in [1.29, 1.82) is 0 Å². The van der Waals surface area contributed by atoms with Crippen molar-refractivity contribution >= 4 is 0 Å². The van der Waals surface area contributed by atoms with E-state index in [1.807, 2.05) is 20.8 Å². The third kappa shape index (κ3) is 3.96. The Morgan fingerprint density at radius 3 is 2.50 bits per heavy atom. The highest BCUT2D eigenvalue weighted by molar-refractivity contribution is 5.31. The van der Waals surface area contributed by atoms with Crippen LogP contribution in [-0.2, 0) is 0 Å². The van der Waals surface area contributed by atoms with Crippen molar-refractivity contribution in [2.24, 2.45) is 0 Å². The fourth-order valence-electron chi connectivity index (χ4n) is 1.88. The molecule has 102 valence electrons. The molecule has 0 aliphatic carbocycles. The SMILES string of the molecule is CCOc1ccc(C(O)C(C)NC(C)C)cc1F. The summed E-state index contributed by atoms with van der Waals surface area (Å²) in [5.74, 6) is -0.219. The minimum Gasteiger partial charge on any atom is -0.491 e. The number of hydrogen-bond donors (Lipinski definition) is 2. The van der Waals surface area contributed by atoms with Crippen LogP contribution >= 0.6 is 0 Å². The Kier molecular flexibility index (Phi) is 5.56. The summed E-state index contributed by atoms with van der Waals surface area (Å²) in [6.45, 7) is 8.10. The molecule has 0 heterocycles. The first kappa shape index (κ1) is 14.9. The van der Waals surface area contributed by atoms with Gasteiger partial charge in [-0.25, -0.2) is 4.39 Å². The van der Waals surface area contributed by atoms with Gasteiger partial charge in [-0.1, -0.05) is 19.9 Å². The predicted molar refractivity (Wildman–Crippen MR) is 70.3 cm³/mol. The molecular weight excluding hydrogens is 233 g/mol. The quantitative estimate of drug-likeness (QED) is 0.821. The van der Waals surface area contributed by atoms with Crippen molar-refractivity contribution in [2.45, 2.75) is 45.9 Å². The predicted octanol–water partition coefficient (Wildman–Crippen LogP) is 2.64. The number of ether oxygens (including phenoxy) is 1. The van der Waals surface area contributed by atoms with Gasteiger partial charge in [-0.05, 0) is 31.5 Å². The molecule has 1 aromatic rings. The lowest BCUT2D eigenvalue weighted by molar-refractivity contribution is 0.131. The zero-order valence-electron chi connectivity index (χ0n) is 11.4. The molecule has 0 amide bonds. The van der Waals surface area contributed by atoms with Crippen molar-refractivity contribution < 1.29 is 14.2 Å². The van der Waals surface area contributed by atoms with Crippen molar-refractivity contribution in [1.82, 2.24) is 5.32 Å². The molecule has 18 heavy (non-hydrogen) atoms. The molecule has 0 aliphatic rings. The number of rotatable bonds is 6. The second-order valence-electron chi connectivity index (χ2n) is 4.68. The first-order valence-corrected chi connectivity index (χ1v) is 6.32. The summed E-state index contributed by atoms with van der Waals surface area (Å²) in [6, 6.07) is 4.70. The lowest BCUT2D eigenvalue weighted by Crippen LogP contribution is -2.37. The Morgan fingerprint density at radius 2 is 2.00 bits per heavy atom. The Bertz CT molecular complexity index is 382. The summed E-state index contributed by atoms with van der Waals surface area (Å²) >= 11 is 0. The molecule has 2 unspecified atom stereocenters. The van der Waals surface area contributed by atoms with Gasteiger partial charge in [-0.15, -0.1) is 0 Å². The molecule has 0 fully saturated rings. The van der Waals surface area contributed by atoms with Gasteiger partial charge in [0.25, 0.3) is 0 Å². The van der Waals surface area contributed by atoms with Gasteiger partial charge in [0, 0.05) is 12.1 Å². The van der Waals surface area contributed by atoms with Crippen molar-refractivity contribution in [2.75, 3.05) is 6.61 Å². The summed E-state index contributed by atoms with van der Waals surface area (Å²) in [5, 5.41) is 13.3. The van der Waals surface area contributed by atoms with Gasteiger partial charge in [-0.2, -0.15) is 0 Å². The first-order valence-electron chi connectivity index (χ1n) is 6.32. The van der Waals surface area contributed by atoms with Crippen LogP contribution in [0.1, 0.15) is 39.4 Å². The lowest BCUT2D eigenvalue weighted by atomic mass is 10.0. The summed E-state index contributed by atoms with van der Waals surface area (Å²) in [5.41, 5.74) is 0.552. The minimum absolute atomic E-state index is 0.137. The summed E-state index contributed by atoms with van der Waals surface area (Å²) in [7, 11) is 0. The Labute approximate surface area is 108 Å². The zero-order chi connectivity index (χ0) is 13.7. The normalized spacial score (nSPS) is 14.6. The van der Waals surface area contributed by atoms with E-state index in [9.17, 15) is 9.50 Å². The van der Waals surface area contributed by atoms with Gasteiger partial charge in [0.2, 0.25) is 0 Å². The van der Waals surface area contributed by atoms with Crippen molar-refractivity contribution in [3.05, 3.63) is 29.6 Å². The number of nitrogens with one attached hydrogen (secondary N) is 1. The summed E-state index contributed by atoms with van der Waals surface area (Å²) in [4.78, 5) is 0. The number of hydrogen-bond acceptors (Lipinski definition) is 3. The highest BCUT2D eigenvalue weighted by Crippen LogP contribution is 2.24. The molecule has 0 saturated carbocycles. The molecule has 0 spiro atoms. The average molecular weight is 255 g/mol. The topological polar surface area (TPSA) is 41.5 Å². The van der Waals surface area contributed by atoms with Crippen LogP contribution in [0.5, 0.6) is 5.75 Å². The van der Waals surface area contributed by atoms with Gasteiger partial charge in [-0.3, -0.25) is 0 Å². The molecule has 0 aliphatic heterocycles. The lowest BCUT2D eigenvalue weighted by Gasteiger charge is -2.23. The Morgan fingerprint density at radius 1 is 1.33 bits per heavy atom. The summed E-state index contributed by atoms with van der Waals surface area (Å²) < 4.78 is 18.8. The van der Waals surface area contributed by atoms with Crippen LogP contribution in [0.4, 0.5) is 4.39 Å². The Hall–Kier alpha value is -1.13. The third-order valence-electron chi connectivity index (χ3n) is 2.67. The van der Waals surface area contributed by atoms with E-state index in [4.69, 9.17) is 4.74 Å². The average Bonchev–Trinajstić information content (AvgIpc) is 2.30. The smallest absolute Gasteiger partial charge is 0.165 e. The van der Waals surface area contributed by atoms with E-state index in [1.54, 1.807) is 19.1 Å². The maximum absolute atomic E-state index is 13.7. The number of halogens is 1. The molecule has 0 saturated heterocycles. The third-order valence-corrected chi connectivity index (χ3v) is 2.67. The molecule has 1 rings (SSSR count). The highest BCUT2D eigenvalue weighted by atomic mass is 19.1. The molecule has 1 aromatic carbocycles. The second-order valence-corrected chi connectivity index (χ2v) is 4.68. The molecule has 0 aromatic heterocycles. The fourth-order valence-corrected chi connectivity index (χ4v) is 1.88. The molecule has 2 N–H and O–H groups in total. The van der Waals surface area contributed by atoms with Crippen LogP contribution in [0, 0.1) is 5.82 Å². The van der Waals surface area contributed by atoms with E-state index in [2.05, 4.69) is 5.32 Å². The van der Waals surface area contributed by atoms with Crippen molar-refractivity contribution in [3.8, 4) is 5.75 Å². The van der Waals surface area contributed by atoms with Crippen LogP contribution in [0.3, 0.4) is 0 Å². The van der Waals surface area contributed by atoms with E-state index >= 15 is 0 Å². The molecule has 4 heteroatoms. The van der Waals surface area contributed by atoms with Crippen LogP contribution in [0.15, 0.2) is 18.2 Å². The van der Waals surface area contributed by atoms with Crippen LogP contribution < -0.4 is 10.1 Å². The van der Waals surface area contributed by atoms with Gasteiger partial charge < -0.3 is 15.2 Å². The maximum atomic E-state index is 13.7. The number of aliphatic hydroxyl groups is 1. The van der Waals surface area contributed by atoms with Crippen LogP contribution in [0.25, 0.3) is 0 Å². The number of benzene rings is 1. The van der Waals surface area contributed by atoms with Crippen LogP contribution in [-0.4, -0.2) is 23.8 Å². The van der Waals surface area contributed by atoms with Gasteiger partial charge >= 0.3 is 0 Å². The zero-order valence-corrected chi connectivity index (χ0v) is 11.4. The van der Waals surface area contributed by atoms with E-state index in [0.29, 0.717) is 12.2 Å². The highest BCUT2D eigenvalue weighted by Gasteiger charge is 2.18. The summed E-state index contributed by atoms with van der Waals surface area (Å²) in [6.07, 6.45) is -0.738. The number of aliphatic hydroxyl groups excluding tert-OH is 1. The van der Waals surface area contributed by atoms with E-state index in [1.165, 1.54) is 6.07 Å². The largest absolute Gasteiger partial charge is 0.491 e. The van der Waals surface area contributed by atoms with Gasteiger partial charge in [0.15, 0.2) is 11.6 Å². The van der Waals surface area contributed by atoms with Gasteiger partial charge in [0.1, 0.15) is 0 Å². The van der Waals surface area contributed by atoms with E-state index in [-0.39, 0.29) is 17.8 Å². The minimum atomic E-state index is -0.738. The van der Waals surface area contributed by atoms with Gasteiger partial charge in [0.05, 0.1) is 12.7 Å². The monoisotopic (exact) mass is 255 g/mol. The fraction of sp³-hybridized carbons (Fsp3) is 0.571. The van der Waals surface area contributed by atoms with E-state index < -0.39 is 11.9 Å². The molecular formula is C14H22FNO2.